The number of hydrogen-bond acceptors (Lipinski definition) is 2. The molecule has 16 heavy (non-hydrogen) atoms. The largest absolute Gasteiger partial charge is 0.469 e. The highest BCUT2D eigenvalue weighted by Crippen LogP contribution is 2.19. The van der Waals surface area contributed by atoms with E-state index >= 15 is 0 Å². The Morgan fingerprint density at radius 1 is 1.31 bits per heavy atom. The van der Waals surface area contributed by atoms with E-state index in [9.17, 15) is 9.18 Å². The smallest absolute Gasteiger partial charge is 0.309 e. The molecule has 2 aromatic rings. The highest BCUT2D eigenvalue weighted by molar-refractivity contribution is 5.85. The van der Waals surface area contributed by atoms with Crippen LogP contribution in [0.5, 0.6) is 0 Å². The summed E-state index contributed by atoms with van der Waals surface area (Å²) >= 11 is 0. The van der Waals surface area contributed by atoms with Crippen LogP contribution in [0.1, 0.15) is 5.56 Å². The summed E-state index contributed by atoms with van der Waals surface area (Å²) in [5, 5.41) is 1.36. The maximum atomic E-state index is 13.4. The van der Waals surface area contributed by atoms with Crippen molar-refractivity contribution in [1.82, 2.24) is 0 Å². The highest BCUT2D eigenvalue weighted by atomic mass is 19.1. The molecule has 0 aromatic heterocycles. The molecule has 0 fully saturated rings. The van der Waals surface area contributed by atoms with E-state index < -0.39 is 0 Å². The molecule has 82 valence electrons. The Kier molecular flexibility index (Phi) is 2.86. The van der Waals surface area contributed by atoms with Gasteiger partial charge in [-0.3, -0.25) is 4.79 Å². The van der Waals surface area contributed by atoms with Crippen LogP contribution >= 0.6 is 0 Å². The molecule has 0 spiro atoms. The minimum Gasteiger partial charge on any atom is -0.469 e. The molecule has 0 aliphatic heterocycles. The van der Waals surface area contributed by atoms with Crippen molar-refractivity contribution in [3.05, 3.63) is 47.8 Å². The van der Waals surface area contributed by atoms with Crippen molar-refractivity contribution < 1.29 is 13.9 Å². The van der Waals surface area contributed by atoms with Crippen LogP contribution in [-0.2, 0) is 16.0 Å². The summed E-state index contributed by atoms with van der Waals surface area (Å²) in [5.41, 5.74) is 0.824. The molecule has 0 atom stereocenters. The first-order chi connectivity index (χ1) is 7.70. The maximum absolute atomic E-state index is 13.4. The highest BCUT2D eigenvalue weighted by Gasteiger charge is 2.05. The van der Waals surface area contributed by atoms with Crippen molar-refractivity contribution in [2.75, 3.05) is 7.11 Å². The van der Waals surface area contributed by atoms with Crippen LogP contribution in [0.2, 0.25) is 0 Å². The summed E-state index contributed by atoms with van der Waals surface area (Å²) in [6, 6.07) is 10.1. The molecule has 2 aromatic carbocycles. The van der Waals surface area contributed by atoms with Crippen molar-refractivity contribution in [2.24, 2.45) is 0 Å². The summed E-state index contributed by atoms with van der Waals surface area (Å²) in [7, 11) is 1.35. The molecule has 0 unspecified atom stereocenters. The number of fused-ring (bicyclic) bond motifs is 1. The third-order valence-corrected chi connectivity index (χ3v) is 2.47. The average Bonchev–Trinajstić information content (AvgIpc) is 2.29. The molecule has 0 bridgehead atoms. The molecule has 2 rings (SSSR count). The van der Waals surface area contributed by atoms with Gasteiger partial charge in [-0.15, -0.1) is 0 Å². The van der Waals surface area contributed by atoms with Gasteiger partial charge in [0.1, 0.15) is 5.82 Å². The summed E-state index contributed by atoms with van der Waals surface area (Å²) in [4.78, 5) is 11.1. The number of ether oxygens (including phenoxy) is 1. The fourth-order valence-electron chi connectivity index (χ4n) is 1.64. The number of hydrogen-bond donors (Lipinski definition) is 0. The third-order valence-electron chi connectivity index (χ3n) is 2.47. The molecule has 0 saturated heterocycles. The summed E-state index contributed by atoms with van der Waals surface area (Å²) < 4.78 is 17.9. The van der Waals surface area contributed by atoms with Crippen LogP contribution < -0.4 is 0 Å². The normalized spacial score (nSPS) is 10.4. The zero-order valence-corrected chi connectivity index (χ0v) is 8.87. The zero-order chi connectivity index (χ0) is 11.5. The van der Waals surface area contributed by atoms with Gasteiger partial charge in [-0.05, 0) is 17.0 Å². The van der Waals surface area contributed by atoms with Crippen LogP contribution in [-0.4, -0.2) is 13.1 Å². The van der Waals surface area contributed by atoms with Crippen LogP contribution in [0.3, 0.4) is 0 Å². The van der Waals surface area contributed by atoms with E-state index in [1.165, 1.54) is 13.2 Å². The number of rotatable bonds is 2. The zero-order valence-electron chi connectivity index (χ0n) is 8.87. The number of carbonyl (C=O) groups excluding carboxylic acids is 1. The molecule has 0 aliphatic rings. The minimum atomic E-state index is -0.296. The standard InChI is InChI=1S/C13H11FO2/c1-16-13(15)8-9-5-6-11-10(7-9)3-2-4-12(11)14/h2-7H,8H2,1H3. The van der Waals surface area contributed by atoms with Gasteiger partial charge in [-0.1, -0.05) is 30.3 Å². The van der Waals surface area contributed by atoms with E-state index in [0.717, 1.165) is 10.9 Å². The summed E-state index contributed by atoms with van der Waals surface area (Å²) in [6.07, 6.45) is 0.211. The van der Waals surface area contributed by atoms with Gasteiger partial charge in [0.25, 0.3) is 0 Å². The number of carbonyl (C=O) groups is 1. The van der Waals surface area contributed by atoms with Crippen molar-refractivity contribution >= 4 is 16.7 Å². The molecular formula is C13H11FO2. The predicted octanol–water partition coefficient (Wildman–Crippen LogP) is 2.69. The van der Waals surface area contributed by atoms with E-state index in [4.69, 9.17) is 0 Å². The van der Waals surface area contributed by atoms with Gasteiger partial charge >= 0.3 is 5.97 Å². The average molecular weight is 218 g/mol. The second-order valence-electron chi connectivity index (χ2n) is 3.55. The molecule has 0 aliphatic carbocycles. The lowest BCUT2D eigenvalue weighted by atomic mass is 10.0. The van der Waals surface area contributed by atoms with Gasteiger partial charge in [0.15, 0.2) is 0 Å². The Morgan fingerprint density at radius 3 is 2.88 bits per heavy atom. The molecule has 0 radical (unpaired) electrons. The fraction of sp³-hybridized carbons (Fsp3) is 0.154. The van der Waals surface area contributed by atoms with Crippen molar-refractivity contribution in [3.8, 4) is 0 Å². The number of benzene rings is 2. The van der Waals surface area contributed by atoms with Crippen LogP contribution in [0.15, 0.2) is 36.4 Å². The Labute approximate surface area is 92.6 Å². The van der Waals surface area contributed by atoms with Crippen molar-refractivity contribution in [3.63, 3.8) is 0 Å². The number of halogens is 1. The summed E-state index contributed by atoms with van der Waals surface area (Å²) in [5.74, 6) is -0.544. The monoisotopic (exact) mass is 218 g/mol. The Bertz CT molecular complexity index is 534. The van der Waals surface area contributed by atoms with Gasteiger partial charge in [-0.2, -0.15) is 0 Å². The molecule has 0 saturated carbocycles. The van der Waals surface area contributed by atoms with Crippen molar-refractivity contribution in [1.29, 1.82) is 0 Å². The van der Waals surface area contributed by atoms with Gasteiger partial charge in [0.05, 0.1) is 13.5 Å². The Balaban J connectivity index is 2.41. The van der Waals surface area contributed by atoms with E-state index in [1.54, 1.807) is 24.3 Å². The molecule has 0 N–H and O–H groups in total. The van der Waals surface area contributed by atoms with E-state index in [0.29, 0.717) is 5.39 Å². The quantitative estimate of drug-likeness (QED) is 0.724. The third kappa shape index (κ3) is 2.03. The molecule has 3 heteroatoms. The Morgan fingerprint density at radius 2 is 2.12 bits per heavy atom. The second-order valence-corrected chi connectivity index (χ2v) is 3.55. The molecule has 2 nitrogen and oxygen atoms in total. The van der Waals surface area contributed by atoms with Gasteiger partial charge in [0, 0.05) is 5.39 Å². The van der Waals surface area contributed by atoms with Gasteiger partial charge in [0.2, 0.25) is 0 Å². The number of esters is 1. The SMILES string of the molecule is COC(=O)Cc1ccc2c(F)cccc2c1. The first-order valence-electron chi connectivity index (χ1n) is 4.94. The lowest BCUT2D eigenvalue weighted by Crippen LogP contribution is -2.04. The summed E-state index contributed by atoms with van der Waals surface area (Å²) in [6.45, 7) is 0. The predicted molar refractivity (Wildman–Crippen MR) is 59.6 cm³/mol. The van der Waals surface area contributed by atoms with E-state index in [2.05, 4.69) is 4.74 Å². The Hall–Kier alpha value is -1.90. The van der Waals surface area contributed by atoms with Crippen LogP contribution in [0.25, 0.3) is 10.8 Å². The lowest BCUT2D eigenvalue weighted by molar-refractivity contribution is -0.139. The first kappa shape index (κ1) is 10.6. The van der Waals surface area contributed by atoms with Gasteiger partial charge in [-0.25, -0.2) is 4.39 Å². The molecule has 0 amide bonds. The lowest BCUT2D eigenvalue weighted by Gasteiger charge is -2.03. The topological polar surface area (TPSA) is 26.3 Å². The van der Waals surface area contributed by atoms with Crippen LogP contribution in [0, 0.1) is 5.82 Å². The second kappa shape index (κ2) is 4.31. The fourth-order valence-corrected chi connectivity index (χ4v) is 1.64. The van der Waals surface area contributed by atoms with E-state index in [1.807, 2.05) is 6.07 Å². The number of methoxy groups -OCH3 is 1. The van der Waals surface area contributed by atoms with Gasteiger partial charge < -0.3 is 4.74 Å². The maximum Gasteiger partial charge on any atom is 0.309 e. The minimum absolute atomic E-state index is 0.211. The molecule has 0 heterocycles. The van der Waals surface area contributed by atoms with Crippen molar-refractivity contribution in [2.45, 2.75) is 6.42 Å². The first-order valence-corrected chi connectivity index (χ1v) is 4.94. The van der Waals surface area contributed by atoms with E-state index in [-0.39, 0.29) is 18.2 Å². The van der Waals surface area contributed by atoms with Crippen LogP contribution in [0.4, 0.5) is 4.39 Å². The molecular weight excluding hydrogens is 207 g/mol.